The number of hydrogen-bond acceptors (Lipinski definition) is 5. The molecule has 128 valence electrons. The normalized spacial score (nSPS) is 17.1. The zero-order valence-corrected chi connectivity index (χ0v) is 14.4. The number of nitro groups is 1. The van der Waals surface area contributed by atoms with Gasteiger partial charge in [-0.05, 0) is 29.8 Å². The van der Waals surface area contributed by atoms with Crippen LogP contribution in [-0.2, 0) is 5.41 Å². The first-order valence-electron chi connectivity index (χ1n) is 7.99. The Labute approximate surface area is 146 Å². The Morgan fingerprint density at radius 2 is 1.84 bits per heavy atom. The summed E-state index contributed by atoms with van der Waals surface area (Å²) >= 11 is 0. The van der Waals surface area contributed by atoms with Crippen LogP contribution in [0, 0.1) is 10.1 Å². The molecule has 0 radical (unpaired) electrons. The Hall–Kier alpha value is -3.15. The van der Waals surface area contributed by atoms with Gasteiger partial charge in [0.05, 0.1) is 10.6 Å². The van der Waals surface area contributed by atoms with E-state index in [1.54, 1.807) is 18.3 Å². The molecule has 0 spiro atoms. The average Bonchev–Trinajstić information content (AvgIpc) is 2.79. The first-order chi connectivity index (χ1) is 11.9. The standard InChI is InChI=1S/C19H20N4O2/c1-19(2)16-6-4-5-7-17(16)22(3)18(19)12-13-20-21-14-8-10-15(11-9-14)23(24)25/h4-13,21H,1-3H3. The molecular weight excluding hydrogens is 316 g/mol. The molecule has 2 aromatic carbocycles. The Balaban J connectivity index is 1.74. The first kappa shape index (κ1) is 16.7. The van der Waals surface area contributed by atoms with Crippen molar-refractivity contribution in [3.05, 3.63) is 76.0 Å². The Morgan fingerprint density at radius 1 is 1.16 bits per heavy atom. The molecule has 0 atom stereocenters. The van der Waals surface area contributed by atoms with E-state index in [4.69, 9.17) is 0 Å². The number of hydrazone groups is 1. The quantitative estimate of drug-likeness (QED) is 0.513. The van der Waals surface area contributed by atoms with E-state index in [2.05, 4.69) is 54.5 Å². The highest BCUT2D eigenvalue weighted by Crippen LogP contribution is 2.46. The van der Waals surface area contributed by atoms with Gasteiger partial charge in [-0.2, -0.15) is 5.10 Å². The van der Waals surface area contributed by atoms with E-state index in [1.165, 1.54) is 23.4 Å². The molecule has 0 saturated carbocycles. The molecule has 0 aliphatic carbocycles. The highest BCUT2D eigenvalue weighted by Gasteiger charge is 2.37. The molecule has 6 heteroatoms. The third-order valence-electron chi connectivity index (χ3n) is 4.52. The molecule has 1 heterocycles. The number of rotatable bonds is 4. The number of para-hydroxylation sites is 1. The topological polar surface area (TPSA) is 70.8 Å². The molecule has 1 N–H and O–H groups in total. The summed E-state index contributed by atoms with van der Waals surface area (Å²) in [5.41, 5.74) is 7.20. The third-order valence-corrected chi connectivity index (χ3v) is 4.52. The first-order valence-corrected chi connectivity index (χ1v) is 7.99. The summed E-state index contributed by atoms with van der Waals surface area (Å²) in [6.45, 7) is 4.39. The third kappa shape index (κ3) is 3.10. The predicted octanol–water partition coefficient (Wildman–Crippen LogP) is 4.30. The summed E-state index contributed by atoms with van der Waals surface area (Å²) in [7, 11) is 2.05. The van der Waals surface area contributed by atoms with Gasteiger partial charge in [-0.25, -0.2) is 0 Å². The van der Waals surface area contributed by atoms with Crippen molar-refractivity contribution in [2.75, 3.05) is 17.4 Å². The van der Waals surface area contributed by atoms with E-state index >= 15 is 0 Å². The number of allylic oxidation sites excluding steroid dienone is 2. The number of nitrogens with zero attached hydrogens (tertiary/aromatic N) is 3. The lowest BCUT2D eigenvalue weighted by Gasteiger charge is -2.23. The number of anilines is 2. The second kappa shape index (κ2) is 6.39. The van der Waals surface area contributed by atoms with Crippen molar-refractivity contribution in [1.29, 1.82) is 0 Å². The summed E-state index contributed by atoms with van der Waals surface area (Å²) < 4.78 is 0. The minimum atomic E-state index is -0.423. The molecule has 25 heavy (non-hydrogen) atoms. The zero-order chi connectivity index (χ0) is 18.0. The van der Waals surface area contributed by atoms with Gasteiger partial charge < -0.3 is 4.90 Å². The minimum Gasteiger partial charge on any atom is -0.347 e. The number of hydrogen-bond donors (Lipinski definition) is 1. The molecular formula is C19H20N4O2. The Kier molecular flexibility index (Phi) is 4.27. The molecule has 0 saturated heterocycles. The van der Waals surface area contributed by atoms with Crippen molar-refractivity contribution in [2.45, 2.75) is 19.3 Å². The van der Waals surface area contributed by atoms with Gasteiger partial charge in [-0.3, -0.25) is 15.5 Å². The highest BCUT2D eigenvalue weighted by molar-refractivity contribution is 5.79. The molecule has 0 unspecified atom stereocenters. The second-order valence-electron chi connectivity index (χ2n) is 6.45. The molecule has 1 aliphatic rings. The molecule has 6 nitrogen and oxygen atoms in total. The molecule has 0 bridgehead atoms. The molecule has 0 aromatic heterocycles. The van der Waals surface area contributed by atoms with Gasteiger partial charge >= 0.3 is 0 Å². The van der Waals surface area contributed by atoms with Gasteiger partial charge in [0.25, 0.3) is 5.69 Å². The number of likely N-dealkylation sites (N-methyl/N-ethyl adjacent to an activating group) is 1. The van der Waals surface area contributed by atoms with Gasteiger partial charge in [0.15, 0.2) is 0 Å². The molecule has 1 aliphatic heterocycles. The SMILES string of the molecule is CN1C(=CC=NNc2ccc([N+](=O)[O-])cc2)C(C)(C)c2ccccc21. The van der Waals surface area contributed by atoms with Gasteiger partial charge in [0, 0.05) is 42.2 Å². The summed E-state index contributed by atoms with van der Waals surface area (Å²) in [6.07, 6.45) is 3.69. The fourth-order valence-electron chi connectivity index (χ4n) is 3.18. The van der Waals surface area contributed by atoms with Crippen LogP contribution in [0.2, 0.25) is 0 Å². The molecule has 0 amide bonds. The lowest BCUT2D eigenvalue weighted by atomic mass is 9.84. The second-order valence-corrected chi connectivity index (χ2v) is 6.45. The van der Waals surface area contributed by atoms with Crippen LogP contribution in [0.25, 0.3) is 0 Å². The number of benzene rings is 2. The van der Waals surface area contributed by atoms with Crippen molar-refractivity contribution in [2.24, 2.45) is 5.10 Å². The van der Waals surface area contributed by atoms with E-state index in [-0.39, 0.29) is 11.1 Å². The number of fused-ring (bicyclic) bond motifs is 1. The van der Waals surface area contributed by atoms with Crippen molar-refractivity contribution in [1.82, 2.24) is 0 Å². The summed E-state index contributed by atoms with van der Waals surface area (Å²) in [4.78, 5) is 12.4. The van der Waals surface area contributed by atoms with Crippen molar-refractivity contribution in [3.8, 4) is 0 Å². The lowest BCUT2D eigenvalue weighted by molar-refractivity contribution is -0.384. The van der Waals surface area contributed by atoms with E-state index < -0.39 is 4.92 Å². The van der Waals surface area contributed by atoms with Crippen LogP contribution in [0.5, 0.6) is 0 Å². The van der Waals surface area contributed by atoms with Gasteiger partial charge in [-0.1, -0.05) is 32.0 Å². The monoisotopic (exact) mass is 336 g/mol. The smallest absolute Gasteiger partial charge is 0.269 e. The van der Waals surface area contributed by atoms with Gasteiger partial charge in [-0.15, -0.1) is 0 Å². The number of nitro benzene ring substituents is 1. The molecule has 2 aromatic rings. The maximum atomic E-state index is 10.6. The van der Waals surface area contributed by atoms with Crippen LogP contribution in [0.15, 0.2) is 65.4 Å². The average molecular weight is 336 g/mol. The molecule has 0 fully saturated rings. The van der Waals surface area contributed by atoms with Crippen molar-refractivity contribution < 1.29 is 4.92 Å². The maximum absolute atomic E-state index is 10.6. The fourth-order valence-corrected chi connectivity index (χ4v) is 3.18. The summed E-state index contributed by atoms with van der Waals surface area (Å²) in [5, 5.41) is 14.8. The summed E-state index contributed by atoms with van der Waals surface area (Å²) in [6, 6.07) is 14.5. The Bertz CT molecular complexity index is 854. The van der Waals surface area contributed by atoms with Crippen LogP contribution in [0.1, 0.15) is 19.4 Å². The fraction of sp³-hybridized carbons (Fsp3) is 0.211. The predicted molar refractivity (Wildman–Crippen MR) is 101 cm³/mol. The highest BCUT2D eigenvalue weighted by atomic mass is 16.6. The van der Waals surface area contributed by atoms with Gasteiger partial charge in [0.1, 0.15) is 0 Å². The van der Waals surface area contributed by atoms with Crippen molar-refractivity contribution >= 4 is 23.3 Å². The van der Waals surface area contributed by atoms with Crippen LogP contribution in [0.3, 0.4) is 0 Å². The van der Waals surface area contributed by atoms with Crippen LogP contribution >= 0.6 is 0 Å². The maximum Gasteiger partial charge on any atom is 0.269 e. The van der Waals surface area contributed by atoms with E-state index in [9.17, 15) is 10.1 Å². The van der Waals surface area contributed by atoms with Gasteiger partial charge in [0.2, 0.25) is 0 Å². The lowest BCUT2D eigenvalue weighted by Crippen LogP contribution is -2.23. The van der Waals surface area contributed by atoms with Crippen LogP contribution in [0.4, 0.5) is 17.1 Å². The van der Waals surface area contributed by atoms with Crippen LogP contribution in [-0.4, -0.2) is 18.2 Å². The van der Waals surface area contributed by atoms with Crippen molar-refractivity contribution in [3.63, 3.8) is 0 Å². The summed E-state index contributed by atoms with van der Waals surface area (Å²) in [5.74, 6) is 0. The number of non-ortho nitro benzene ring substituents is 1. The molecule has 3 rings (SSSR count). The Morgan fingerprint density at radius 3 is 2.48 bits per heavy atom. The minimum absolute atomic E-state index is 0.0590. The van der Waals surface area contributed by atoms with Crippen LogP contribution < -0.4 is 10.3 Å². The van der Waals surface area contributed by atoms with E-state index in [0.717, 1.165) is 5.70 Å². The van der Waals surface area contributed by atoms with E-state index in [1.807, 2.05) is 12.1 Å². The largest absolute Gasteiger partial charge is 0.347 e. The van der Waals surface area contributed by atoms with E-state index in [0.29, 0.717) is 5.69 Å². The number of nitrogens with one attached hydrogen (secondary N) is 1. The zero-order valence-electron chi connectivity index (χ0n) is 14.4.